The second-order valence-electron chi connectivity index (χ2n) is 8.05. The van der Waals surface area contributed by atoms with Gasteiger partial charge in [-0.2, -0.15) is 0 Å². The van der Waals surface area contributed by atoms with Gasteiger partial charge in [-0.3, -0.25) is 14.7 Å². The van der Waals surface area contributed by atoms with Gasteiger partial charge in [-0.05, 0) is 61.1 Å². The van der Waals surface area contributed by atoms with E-state index in [-0.39, 0.29) is 5.91 Å². The number of piperidine rings is 1. The van der Waals surface area contributed by atoms with Gasteiger partial charge in [0.2, 0.25) is 5.91 Å². The van der Waals surface area contributed by atoms with E-state index in [0.717, 1.165) is 43.9 Å². The number of rotatable bonds is 8. The van der Waals surface area contributed by atoms with E-state index >= 15 is 0 Å². The van der Waals surface area contributed by atoms with Crippen LogP contribution in [0.4, 0.5) is 0 Å². The van der Waals surface area contributed by atoms with Crippen LogP contribution >= 0.6 is 0 Å². The molecule has 30 heavy (non-hydrogen) atoms. The first-order valence-corrected chi connectivity index (χ1v) is 10.7. The van der Waals surface area contributed by atoms with E-state index in [1.165, 1.54) is 18.4 Å². The van der Waals surface area contributed by atoms with Crippen molar-refractivity contribution in [2.75, 3.05) is 19.6 Å². The smallest absolute Gasteiger partial charge is 0.220 e. The fourth-order valence-corrected chi connectivity index (χ4v) is 4.06. The molecule has 1 atom stereocenters. The standard InChI is InChI=1S/C24H29N5O/c30-24(10-7-20-3-1-11-25-15-20)27-16-22-4-2-13-28(18-22)17-21-5-8-23(9-6-21)29-14-12-26-19-29/h1,3,5-6,8-9,11-12,14-15,19,22H,2,4,7,10,13,16-18H2,(H,27,30). The van der Waals surface area contributed by atoms with E-state index in [0.29, 0.717) is 12.3 Å². The number of amides is 1. The van der Waals surface area contributed by atoms with Crippen LogP contribution in [0.25, 0.3) is 5.69 Å². The molecule has 1 aromatic carbocycles. The second kappa shape index (κ2) is 10.2. The molecule has 156 valence electrons. The summed E-state index contributed by atoms with van der Waals surface area (Å²) in [5.41, 5.74) is 3.55. The van der Waals surface area contributed by atoms with E-state index in [1.807, 2.05) is 35.4 Å². The summed E-state index contributed by atoms with van der Waals surface area (Å²) in [7, 11) is 0. The number of aromatic nitrogens is 3. The fourth-order valence-electron chi connectivity index (χ4n) is 4.06. The summed E-state index contributed by atoms with van der Waals surface area (Å²) in [5, 5.41) is 3.14. The van der Waals surface area contributed by atoms with Crippen molar-refractivity contribution in [2.45, 2.75) is 32.2 Å². The molecule has 6 heteroatoms. The number of pyridine rings is 1. The zero-order valence-electron chi connectivity index (χ0n) is 17.3. The highest BCUT2D eigenvalue weighted by Gasteiger charge is 2.20. The Kier molecular flexibility index (Phi) is 6.87. The molecule has 4 rings (SSSR count). The number of benzene rings is 1. The fraction of sp³-hybridized carbons (Fsp3) is 0.375. The minimum absolute atomic E-state index is 0.131. The van der Waals surface area contributed by atoms with E-state index < -0.39 is 0 Å². The molecule has 1 unspecified atom stereocenters. The van der Waals surface area contributed by atoms with Crippen molar-refractivity contribution in [3.8, 4) is 5.69 Å². The lowest BCUT2D eigenvalue weighted by Crippen LogP contribution is -2.40. The van der Waals surface area contributed by atoms with Gasteiger partial charge in [-0.25, -0.2) is 4.98 Å². The van der Waals surface area contributed by atoms with Gasteiger partial charge < -0.3 is 9.88 Å². The lowest BCUT2D eigenvalue weighted by Gasteiger charge is -2.33. The lowest BCUT2D eigenvalue weighted by molar-refractivity contribution is -0.121. The molecule has 1 aliphatic rings. The van der Waals surface area contributed by atoms with Crippen LogP contribution in [0.15, 0.2) is 67.5 Å². The van der Waals surface area contributed by atoms with Crippen molar-refractivity contribution < 1.29 is 4.79 Å². The molecule has 0 bridgehead atoms. The van der Waals surface area contributed by atoms with Crippen LogP contribution in [0.5, 0.6) is 0 Å². The molecule has 1 saturated heterocycles. The quantitative estimate of drug-likeness (QED) is 0.627. The molecule has 6 nitrogen and oxygen atoms in total. The summed E-state index contributed by atoms with van der Waals surface area (Å²) in [5.74, 6) is 0.650. The first-order chi connectivity index (χ1) is 14.8. The van der Waals surface area contributed by atoms with E-state index in [1.54, 1.807) is 12.4 Å². The third kappa shape index (κ3) is 5.76. The molecular weight excluding hydrogens is 374 g/mol. The van der Waals surface area contributed by atoms with Crippen molar-refractivity contribution in [2.24, 2.45) is 5.92 Å². The van der Waals surface area contributed by atoms with Crippen LogP contribution in [0.3, 0.4) is 0 Å². The lowest BCUT2D eigenvalue weighted by atomic mass is 9.97. The molecular formula is C24H29N5O. The molecule has 0 aliphatic carbocycles. The number of aryl methyl sites for hydroxylation is 1. The molecule has 0 spiro atoms. The van der Waals surface area contributed by atoms with Gasteiger partial charge in [0.25, 0.3) is 0 Å². The average molecular weight is 404 g/mol. The summed E-state index contributed by atoms with van der Waals surface area (Å²) >= 11 is 0. The van der Waals surface area contributed by atoms with Gasteiger partial charge >= 0.3 is 0 Å². The maximum Gasteiger partial charge on any atom is 0.220 e. The first kappa shape index (κ1) is 20.3. The summed E-state index contributed by atoms with van der Waals surface area (Å²) < 4.78 is 2.01. The Balaban J connectivity index is 1.21. The zero-order valence-corrected chi connectivity index (χ0v) is 17.3. The van der Waals surface area contributed by atoms with Crippen LogP contribution in [0, 0.1) is 5.92 Å². The van der Waals surface area contributed by atoms with Gasteiger partial charge in [0, 0.05) is 56.5 Å². The summed E-state index contributed by atoms with van der Waals surface area (Å²) in [4.78, 5) is 22.9. The van der Waals surface area contributed by atoms with E-state index in [2.05, 4.69) is 44.5 Å². The average Bonchev–Trinajstić information content (AvgIpc) is 3.33. The third-order valence-corrected chi connectivity index (χ3v) is 5.70. The number of likely N-dealkylation sites (tertiary alicyclic amines) is 1. The van der Waals surface area contributed by atoms with Crippen LogP contribution in [-0.2, 0) is 17.8 Å². The van der Waals surface area contributed by atoms with E-state index in [4.69, 9.17) is 0 Å². The second-order valence-corrected chi connectivity index (χ2v) is 8.05. The highest BCUT2D eigenvalue weighted by Crippen LogP contribution is 2.19. The Bertz CT molecular complexity index is 909. The van der Waals surface area contributed by atoms with Crippen molar-refractivity contribution >= 4 is 5.91 Å². The molecule has 0 radical (unpaired) electrons. The van der Waals surface area contributed by atoms with Crippen LogP contribution < -0.4 is 5.32 Å². The van der Waals surface area contributed by atoms with Gasteiger partial charge in [-0.1, -0.05) is 18.2 Å². The molecule has 1 N–H and O–H groups in total. The summed E-state index contributed by atoms with van der Waals surface area (Å²) in [6.45, 7) is 3.87. The number of hydrogen-bond acceptors (Lipinski definition) is 4. The molecule has 1 amide bonds. The number of imidazole rings is 1. The van der Waals surface area contributed by atoms with Gasteiger partial charge in [0.1, 0.15) is 0 Å². The van der Waals surface area contributed by atoms with Gasteiger partial charge in [0.05, 0.1) is 6.33 Å². The Hall–Kier alpha value is -2.99. The number of nitrogens with zero attached hydrogens (tertiary/aromatic N) is 4. The predicted molar refractivity (Wildman–Crippen MR) is 117 cm³/mol. The number of nitrogens with one attached hydrogen (secondary N) is 1. The maximum atomic E-state index is 12.2. The van der Waals surface area contributed by atoms with Crippen LogP contribution in [0.2, 0.25) is 0 Å². The van der Waals surface area contributed by atoms with Gasteiger partial charge in [-0.15, -0.1) is 0 Å². The van der Waals surface area contributed by atoms with Crippen molar-refractivity contribution in [1.82, 2.24) is 24.8 Å². The normalized spacial score (nSPS) is 17.0. The SMILES string of the molecule is O=C(CCc1cccnc1)NCC1CCCN(Cc2ccc(-n3ccnc3)cc2)C1. The number of carbonyl (C=O) groups is 1. The number of hydrogen-bond donors (Lipinski definition) is 1. The molecule has 0 saturated carbocycles. The Morgan fingerprint density at radius 3 is 2.77 bits per heavy atom. The van der Waals surface area contributed by atoms with Crippen LogP contribution in [0.1, 0.15) is 30.4 Å². The summed E-state index contributed by atoms with van der Waals surface area (Å²) in [6.07, 6.45) is 12.8. The highest BCUT2D eigenvalue weighted by molar-refractivity contribution is 5.76. The molecule has 1 aliphatic heterocycles. The molecule has 3 aromatic rings. The van der Waals surface area contributed by atoms with Crippen molar-refractivity contribution in [3.63, 3.8) is 0 Å². The maximum absolute atomic E-state index is 12.2. The minimum atomic E-state index is 0.131. The van der Waals surface area contributed by atoms with Gasteiger partial charge in [0.15, 0.2) is 0 Å². The van der Waals surface area contributed by atoms with Crippen molar-refractivity contribution in [1.29, 1.82) is 0 Å². The first-order valence-electron chi connectivity index (χ1n) is 10.7. The molecule has 2 aromatic heterocycles. The minimum Gasteiger partial charge on any atom is -0.356 e. The molecule has 1 fully saturated rings. The van der Waals surface area contributed by atoms with Crippen molar-refractivity contribution in [3.05, 3.63) is 78.6 Å². The largest absolute Gasteiger partial charge is 0.356 e. The zero-order chi connectivity index (χ0) is 20.6. The topological polar surface area (TPSA) is 63.1 Å². The monoisotopic (exact) mass is 403 g/mol. The predicted octanol–water partition coefficient (Wildman–Crippen LogP) is 3.23. The highest BCUT2D eigenvalue weighted by atomic mass is 16.1. The van der Waals surface area contributed by atoms with Crippen LogP contribution in [-0.4, -0.2) is 45.0 Å². The Morgan fingerprint density at radius 1 is 1.10 bits per heavy atom. The Morgan fingerprint density at radius 2 is 2.00 bits per heavy atom. The number of carbonyl (C=O) groups excluding carboxylic acids is 1. The van der Waals surface area contributed by atoms with E-state index in [9.17, 15) is 4.79 Å². The molecule has 3 heterocycles. The summed E-state index contributed by atoms with van der Waals surface area (Å²) in [6, 6.07) is 12.6. The Labute approximate surface area is 178 Å². The third-order valence-electron chi connectivity index (χ3n) is 5.70.